The van der Waals surface area contributed by atoms with Crippen LogP contribution >= 0.6 is 0 Å². The smallest absolute Gasteiger partial charge is 0.178 e. The molecule has 0 spiro atoms. The van der Waals surface area contributed by atoms with E-state index in [1.165, 1.54) is 12.3 Å². The number of benzene rings is 1. The van der Waals surface area contributed by atoms with Crippen LogP contribution in [0.2, 0.25) is 0 Å². The third-order valence-corrected chi connectivity index (χ3v) is 3.41. The maximum atomic E-state index is 14.0. The highest BCUT2D eigenvalue weighted by molar-refractivity contribution is 5.64. The van der Waals surface area contributed by atoms with Gasteiger partial charge in [-0.25, -0.2) is 28.1 Å². The Kier molecular flexibility index (Phi) is 4.43. The molecule has 0 aliphatic rings. The molecule has 3 aromatic rings. The van der Waals surface area contributed by atoms with Crippen molar-refractivity contribution in [2.45, 2.75) is 0 Å². The van der Waals surface area contributed by atoms with Crippen LogP contribution in [0.3, 0.4) is 0 Å². The van der Waals surface area contributed by atoms with Crippen LogP contribution in [-0.2, 0) is 0 Å². The predicted molar refractivity (Wildman–Crippen MR) is 90.0 cm³/mol. The molecule has 6 heteroatoms. The summed E-state index contributed by atoms with van der Waals surface area (Å²) in [4.78, 5) is 12.7. The quantitative estimate of drug-likeness (QED) is 0.736. The van der Waals surface area contributed by atoms with Crippen molar-refractivity contribution >= 4 is 12.7 Å². The maximum Gasteiger partial charge on any atom is 0.178 e. The van der Waals surface area contributed by atoms with E-state index in [0.29, 0.717) is 28.4 Å². The van der Waals surface area contributed by atoms with Gasteiger partial charge in [0.2, 0.25) is 0 Å². The first kappa shape index (κ1) is 16.6. The van der Waals surface area contributed by atoms with Crippen molar-refractivity contribution in [2.75, 3.05) is 0 Å². The molecule has 0 bridgehead atoms. The van der Waals surface area contributed by atoms with E-state index in [0.717, 1.165) is 0 Å². The van der Waals surface area contributed by atoms with E-state index < -0.39 is 23.0 Å². The van der Waals surface area contributed by atoms with Gasteiger partial charge in [-0.05, 0) is 18.2 Å². The van der Waals surface area contributed by atoms with Gasteiger partial charge in [0.25, 0.3) is 0 Å². The van der Waals surface area contributed by atoms with Crippen LogP contribution in [0.25, 0.3) is 35.4 Å². The highest BCUT2D eigenvalue weighted by Gasteiger charge is 2.16. The van der Waals surface area contributed by atoms with E-state index in [9.17, 15) is 13.2 Å². The lowest BCUT2D eigenvalue weighted by molar-refractivity contribution is 0.547. The summed E-state index contributed by atoms with van der Waals surface area (Å²) in [5, 5.41) is 1.17. The zero-order valence-corrected chi connectivity index (χ0v) is 13.0. The molecule has 2 aromatic heterocycles. The summed E-state index contributed by atoms with van der Waals surface area (Å²) in [7, 11) is 0. The maximum absolute atomic E-state index is 14.0. The Bertz CT molecular complexity index is 1050. The first-order chi connectivity index (χ1) is 12.0. The average molecular weight is 339 g/mol. The van der Waals surface area contributed by atoms with Gasteiger partial charge in [-0.15, -0.1) is 0 Å². The topological polar surface area (TPSA) is 38.7 Å². The molecule has 0 saturated carbocycles. The lowest BCUT2D eigenvalue weighted by Crippen LogP contribution is -2.28. The number of pyridine rings is 1. The molecule has 0 saturated heterocycles. The van der Waals surface area contributed by atoms with Crippen LogP contribution in [-0.4, -0.2) is 15.0 Å². The number of nitrogens with zero attached hydrogens (tertiary/aromatic N) is 3. The van der Waals surface area contributed by atoms with Gasteiger partial charge in [0.05, 0.1) is 16.6 Å². The van der Waals surface area contributed by atoms with E-state index in [4.69, 9.17) is 0 Å². The summed E-state index contributed by atoms with van der Waals surface area (Å²) < 4.78 is 41.0. The summed E-state index contributed by atoms with van der Waals surface area (Å²) in [6.45, 7) is 7.42. The molecular formula is C19H12F3N3. The Morgan fingerprint density at radius 3 is 2.32 bits per heavy atom. The van der Waals surface area contributed by atoms with Crippen molar-refractivity contribution < 1.29 is 13.2 Å². The van der Waals surface area contributed by atoms with Gasteiger partial charge in [0.15, 0.2) is 5.82 Å². The number of rotatable bonds is 3. The fourth-order valence-electron chi connectivity index (χ4n) is 2.28. The van der Waals surface area contributed by atoms with Gasteiger partial charge in [-0.1, -0.05) is 25.3 Å². The van der Waals surface area contributed by atoms with E-state index >= 15 is 0 Å². The van der Waals surface area contributed by atoms with Crippen LogP contribution in [0, 0.1) is 17.5 Å². The van der Waals surface area contributed by atoms with Gasteiger partial charge in [-0.2, -0.15) is 0 Å². The second-order valence-electron chi connectivity index (χ2n) is 5.16. The standard InChI is InChI=1S/C19H12F3N3/c1-3-5-15-11(2)10-23-19(25-15)17-7-4-6-16(24-17)18-13(21)8-12(20)9-14(18)22/h3-10H,1-2H2/b15-5+. The van der Waals surface area contributed by atoms with Gasteiger partial charge in [0.1, 0.15) is 23.1 Å². The lowest BCUT2D eigenvalue weighted by Gasteiger charge is -2.07. The third-order valence-electron chi connectivity index (χ3n) is 3.41. The Balaban J connectivity index is 2.16. The number of halogens is 3. The molecule has 0 aliphatic heterocycles. The van der Waals surface area contributed by atoms with Crippen molar-refractivity contribution in [3.63, 3.8) is 0 Å². The van der Waals surface area contributed by atoms with Crippen LogP contribution in [0.4, 0.5) is 13.2 Å². The Labute approximate surface area is 141 Å². The molecule has 0 radical (unpaired) electrons. The predicted octanol–water partition coefficient (Wildman–Crippen LogP) is 3.00. The third kappa shape index (κ3) is 3.33. The normalized spacial score (nSPS) is 11.6. The molecular weight excluding hydrogens is 327 g/mol. The Morgan fingerprint density at radius 2 is 1.64 bits per heavy atom. The average Bonchev–Trinajstić information content (AvgIpc) is 2.56. The zero-order chi connectivity index (χ0) is 18.0. The van der Waals surface area contributed by atoms with E-state index in [1.807, 2.05) is 0 Å². The van der Waals surface area contributed by atoms with Crippen LogP contribution in [0.15, 0.2) is 49.2 Å². The second kappa shape index (κ2) is 6.68. The van der Waals surface area contributed by atoms with Gasteiger partial charge in [-0.3, -0.25) is 0 Å². The van der Waals surface area contributed by atoms with E-state index in [1.54, 1.807) is 24.3 Å². The van der Waals surface area contributed by atoms with Crippen molar-refractivity contribution in [1.29, 1.82) is 0 Å². The molecule has 0 atom stereocenters. The van der Waals surface area contributed by atoms with Gasteiger partial charge >= 0.3 is 0 Å². The minimum absolute atomic E-state index is 0.0176. The van der Waals surface area contributed by atoms with Gasteiger partial charge in [0, 0.05) is 23.5 Å². The largest absolute Gasteiger partial charge is 0.244 e. The van der Waals surface area contributed by atoms with Crippen molar-refractivity contribution in [3.8, 4) is 22.8 Å². The van der Waals surface area contributed by atoms with Crippen LogP contribution < -0.4 is 10.6 Å². The fraction of sp³-hybridized carbons (Fsp3) is 0. The summed E-state index contributed by atoms with van der Waals surface area (Å²) in [5.74, 6) is -2.78. The summed E-state index contributed by atoms with van der Waals surface area (Å²) in [5.41, 5.74) is -0.0710. The summed E-state index contributed by atoms with van der Waals surface area (Å²) in [6, 6.07) is 5.82. The van der Waals surface area contributed by atoms with Crippen LogP contribution in [0.5, 0.6) is 0 Å². The van der Waals surface area contributed by atoms with E-state index in [-0.39, 0.29) is 11.5 Å². The molecule has 1 aromatic carbocycles. The molecule has 3 nitrogen and oxygen atoms in total. The first-order valence-electron chi connectivity index (χ1n) is 7.26. The summed E-state index contributed by atoms with van der Waals surface area (Å²) in [6.07, 6.45) is 4.75. The molecule has 25 heavy (non-hydrogen) atoms. The lowest BCUT2D eigenvalue weighted by atomic mass is 10.1. The minimum Gasteiger partial charge on any atom is -0.244 e. The summed E-state index contributed by atoms with van der Waals surface area (Å²) >= 11 is 0. The first-order valence-corrected chi connectivity index (χ1v) is 7.26. The SMILES string of the molecule is C=C/C=c1/nc(-c2cccc(-c3c(F)cc(F)cc3F)n2)ncc1=C. The molecule has 0 N–H and O–H groups in total. The van der Waals surface area contributed by atoms with Crippen molar-refractivity contribution in [3.05, 3.63) is 77.2 Å². The molecule has 0 unspecified atom stereocenters. The minimum atomic E-state index is -1.03. The molecule has 3 rings (SSSR count). The Hall–Kier alpha value is -3.28. The molecule has 2 heterocycles. The van der Waals surface area contributed by atoms with Crippen molar-refractivity contribution in [2.24, 2.45) is 0 Å². The second-order valence-corrected chi connectivity index (χ2v) is 5.16. The number of allylic oxidation sites excluding steroid dienone is 1. The highest BCUT2D eigenvalue weighted by Crippen LogP contribution is 2.26. The molecule has 0 amide bonds. The number of hydrogen-bond acceptors (Lipinski definition) is 3. The molecule has 0 fully saturated rings. The molecule has 124 valence electrons. The fourth-order valence-corrected chi connectivity index (χ4v) is 2.28. The monoisotopic (exact) mass is 339 g/mol. The zero-order valence-electron chi connectivity index (χ0n) is 13.0. The van der Waals surface area contributed by atoms with Gasteiger partial charge < -0.3 is 0 Å². The Morgan fingerprint density at radius 1 is 0.960 bits per heavy atom. The highest BCUT2D eigenvalue weighted by atomic mass is 19.1. The number of hydrogen-bond donors (Lipinski definition) is 0. The van der Waals surface area contributed by atoms with Crippen LogP contribution in [0.1, 0.15) is 0 Å². The molecule has 0 aliphatic carbocycles. The van der Waals surface area contributed by atoms with Crippen molar-refractivity contribution in [1.82, 2.24) is 15.0 Å². The van der Waals surface area contributed by atoms with E-state index in [2.05, 4.69) is 28.1 Å². The number of aromatic nitrogens is 3.